The lowest BCUT2D eigenvalue weighted by atomic mass is 9.84. The fourth-order valence-electron chi connectivity index (χ4n) is 4.59. The van der Waals surface area contributed by atoms with Gasteiger partial charge in [-0.1, -0.05) is 6.07 Å². The molecule has 1 aromatic carbocycles. The zero-order chi connectivity index (χ0) is 22.3. The van der Waals surface area contributed by atoms with Gasteiger partial charge in [0.1, 0.15) is 17.5 Å². The van der Waals surface area contributed by atoms with Crippen molar-refractivity contribution in [3.63, 3.8) is 0 Å². The van der Waals surface area contributed by atoms with Gasteiger partial charge in [-0.25, -0.2) is 9.37 Å². The van der Waals surface area contributed by atoms with E-state index in [4.69, 9.17) is 5.73 Å². The average Bonchev–Trinajstić information content (AvgIpc) is 3.16. The van der Waals surface area contributed by atoms with Crippen LogP contribution in [0.1, 0.15) is 49.3 Å². The number of nitrogens with zero attached hydrogens (tertiary/aromatic N) is 3. The van der Waals surface area contributed by atoms with Gasteiger partial charge in [0.15, 0.2) is 0 Å². The number of hydrogen-bond donors (Lipinski definition) is 2. The summed E-state index contributed by atoms with van der Waals surface area (Å²) >= 11 is 0. The minimum Gasteiger partial charge on any atom is -0.345 e. The number of H-pyrrole nitrogens is 1. The highest BCUT2D eigenvalue weighted by atomic mass is 19.1. The Kier molecular flexibility index (Phi) is 5.28. The van der Waals surface area contributed by atoms with Crippen molar-refractivity contribution in [1.82, 2.24) is 14.9 Å². The molecule has 0 unspecified atom stereocenters. The minimum absolute atomic E-state index is 0.0540. The molecule has 1 fully saturated rings. The highest BCUT2D eigenvalue weighted by molar-refractivity contribution is 5.97. The number of likely N-dealkylation sites (tertiary alicyclic amines) is 1. The van der Waals surface area contributed by atoms with Crippen molar-refractivity contribution < 1.29 is 9.18 Å². The molecule has 0 bridgehead atoms. The van der Waals surface area contributed by atoms with Crippen LogP contribution >= 0.6 is 0 Å². The number of aryl methyl sites for hydroxylation is 1. The first-order valence-corrected chi connectivity index (χ1v) is 10.5. The van der Waals surface area contributed by atoms with Crippen LogP contribution in [0.15, 0.2) is 30.6 Å². The number of hydrogen-bond acceptors (Lipinski definition) is 4. The molecule has 160 valence electrons. The van der Waals surface area contributed by atoms with Crippen LogP contribution in [-0.4, -0.2) is 39.4 Å². The molecule has 0 radical (unpaired) electrons. The number of amides is 1. The quantitative estimate of drug-likeness (QED) is 0.670. The molecule has 4 rings (SSSR count). The molecule has 0 aliphatic carbocycles. The lowest BCUT2D eigenvalue weighted by Gasteiger charge is -2.36. The molecule has 3 aromatic rings. The second-order valence-corrected chi connectivity index (χ2v) is 8.87. The van der Waals surface area contributed by atoms with Crippen molar-refractivity contribution in [2.45, 2.75) is 45.1 Å². The topological polar surface area (TPSA) is 98.8 Å². The van der Waals surface area contributed by atoms with Gasteiger partial charge >= 0.3 is 0 Å². The summed E-state index contributed by atoms with van der Waals surface area (Å²) in [6.45, 7) is 6.49. The second kappa shape index (κ2) is 7.78. The van der Waals surface area contributed by atoms with Crippen molar-refractivity contribution in [3.05, 3.63) is 53.1 Å². The standard InChI is InChI=1S/C24H26FN5O/c1-14-10-16(18-4-7-28-22-21(18)17(12-26)13-29-22)11-19(25)20(14)15-5-8-30(9-6-15)23(31)24(2,3)27/h4,7,10-11,13,15H,5-6,8-9,27H2,1-3H3,(H,28,29). The molecule has 0 saturated carbocycles. The second-order valence-electron chi connectivity index (χ2n) is 8.87. The molecule has 3 N–H and O–H groups in total. The molecule has 31 heavy (non-hydrogen) atoms. The number of rotatable bonds is 3. The maximum atomic E-state index is 15.3. The fourth-order valence-corrected chi connectivity index (χ4v) is 4.59. The number of pyridine rings is 1. The average molecular weight is 420 g/mol. The van der Waals surface area contributed by atoms with Crippen LogP contribution in [0.5, 0.6) is 0 Å². The Hall–Kier alpha value is -3.24. The summed E-state index contributed by atoms with van der Waals surface area (Å²) in [5.74, 6) is -0.267. The van der Waals surface area contributed by atoms with Gasteiger partial charge in [-0.2, -0.15) is 5.26 Å². The first-order chi connectivity index (χ1) is 14.7. The largest absolute Gasteiger partial charge is 0.345 e. The third-order valence-electron chi connectivity index (χ3n) is 6.08. The van der Waals surface area contributed by atoms with E-state index in [2.05, 4.69) is 16.0 Å². The molecule has 1 saturated heterocycles. The third-order valence-corrected chi connectivity index (χ3v) is 6.08. The lowest BCUT2D eigenvalue weighted by Crippen LogP contribution is -2.53. The highest BCUT2D eigenvalue weighted by Gasteiger charge is 2.32. The van der Waals surface area contributed by atoms with Crippen LogP contribution < -0.4 is 5.73 Å². The smallest absolute Gasteiger partial charge is 0.242 e. The number of aromatic amines is 1. The summed E-state index contributed by atoms with van der Waals surface area (Å²) in [6.07, 6.45) is 4.68. The molecule has 1 aliphatic heterocycles. The van der Waals surface area contributed by atoms with Crippen molar-refractivity contribution in [3.8, 4) is 17.2 Å². The van der Waals surface area contributed by atoms with Crippen molar-refractivity contribution in [2.24, 2.45) is 5.73 Å². The Morgan fingerprint density at radius 1 is 1.35 bits per heavy atom. The van der Waals surface area contributed by atoms with Gasteiger partial charge in [0.05, 0.1) is 11.1 Å². The van der Waals surface area contributed by atoms with Gasteiger partial charge in [0.2, 0.25) is 5.91 Å². The predicted molar refractivity (Wildman–Crippen MR) is 118 cm³/mol. The van der Waals surface area contributed by atoms with Crippen molar-refractivity contribution in [1.29, 1.82) is 5.26 Å². The lowest BCUT2D eigenvalue weighted by molar-refractivity contribution is -0.136. The van der Waals surface area contributed by atoms with Crippen molar-refractivity contribution >= 4 is 16.9 Å². The summed E-state index contributed by atoms with van der Waals surface area (Å²) in [5, 5.41) is 10.1. The van der Waals surface area contributed by atoms with E-state index < -0.39 is 5.54 Å². The molecule has 1 amide bonds. The van der Waals surface area contributed by atoms with E-state index in [-0.39, 0.29) is 17.6 Å². The van der Waals surface area contributed by atoms with Gasteiger partial charge in [-0.3, -0.25) is 4.79 Å². The van der Waals surface area contributed by atoms with E-state index in [9.17, 15) is 10.1 Å². The Labute approximate surface area is 180 Å². The SMILES string of the molecule is Cc1cc(-c2ccnc3[nH]cc(C#N)c23)cc(F)c1C1CCN(C(=O)C(C)(C)N)CC1. The zero-order valence-corrected chi connectivity index (χ0v) is 18.0. The Balaban J connectivity index is 1.64. The van der Waals surface area contributed by atoms with Gasteiger partial charge < -0.3 is 15.6 Å². The third kappa shape index (κ3) is 3.79. The fraction of sp³-hybridized carbons (Fsp3) is 0.375. The maximum absolute atomic E-state index is 15.3. The number of halogens is 1. The molecule has 0 spiro atoms. The number of nitriles is 1. The summed E-state index contributed by atoms with van der Waals surface area (Å²) in [6, 6.07) is 7.50. The molecular formula is C24H26FN5O. The number of piperidine rings is 1. The number of benzene rings is 1. The van der Waals surface area contributed by atoms with E-state index in [1.807, 2.05) is 19.1 Å². The van der Waals surface area contributed by atoms with Crippen LogP contribution in [-0.2, 0) is 4.79 Å². The Morgan fingerprint density at radius 3 is 2.68 bits per heavy atom. The van der Waals surface area contributed by atoms with Crippen LogP contribution in [0.2, 0.25) is 0 Å². The number of nitrogens with two attached hydrogens (primary N) is 1. The van der Waals surface area contributed by atoms with Gasteiger partial charge in [0, 0.05) is 30.9 Å². The molecule has 0 atom stereocenters. The summed E-state index contributed by atoms with van der Waals surface area (Å²) < 4.78 is 15.3. The van der Waals surface area contributed by atoms with Crippen LogP contribution in [0.4, 0.5) is 4.39 Å². The molecule has 3 heterocycles. The van der Waals surface area contributed by atoms with Gasteiger partial charge in [-0.05, 0) is 73.9 Å². The number of carbonyl (C=O) groups excluding carboxylic acids is 1. The monoisotopic (exact) mass is 419 g/mol. The number of aromatic nitrogens is 2. The van der Waals surface area contributed by atoms with Gasteiger partial charge in [0.25, 0.3) is 0 Å². The van der Waals surface area contributed by atoms with E-state index in [1.165, 1.54) is 0 Å². The summed E-state index contributed by atoms with van der Waals surface area (Å²) in [7, 11) is 0. The first-order valence-electron chi connectivity index (χ1n) is 10.5. The number of carbonyl (C=O) groups is 1. The molecule has 1 aliphatic rings. The normalized spacial score (nSPS) is 15.3. The molecule has 7 heteroatoms. The van der Waals surface area contributed by atoms with Crippen LogP contribution in [0.3, 0.4) is 0 Å². The van der Waals surface area contributed by atoms with E-state index in [0.29, 0.717) is 48.1 Å². The number of nitrogens with one attached hydrogen (secondary N) is 1. The Bertz CT molecular complexity index is 1170. The van der Waals surface area contributed by atoms with Gasteiger partial charge in [-0.15, -0.1) is 0 Å². The molecule has 2 aromatic heterocycles. The molecular weight excluding hydrogens is 393 g/mol. The zero-order valence-electron chi connectivity index (χ0n) is 18.0. The van der Waals surface area contributed by atoms with E-state index >= 15 is 4.39 Å². The van der Waals surface area contributed by atoms with E-state index in [1.54, 1.807) is 37.2 Å². The summed E-state index contributed by atoms with van der Waals surface area (Å²) in [4.78, 5) is 21.5. The maximum Gasteiger partial charge on any atom is 0.242 e. The Morgan fingerprint density at radius 2 is 2.06 bits per heavy atom. The number of fused-ring (bicyclic) bond motifs is 1. The highest BCUT2D eigenvalue weighted by Crippen LogP contribution is 2.37. The first kappa shape index (κ1) is 21.0. The van der Waals surface area contributed by atoms with Crippen molar-refractivity contribution in [2.75, 3.05) is 13.1 Å². The predicted octanol–water partition coefficient (Wildman–Crippen LogP) is 3.99. The summed E-state index contributed by atoms with van der Waals surface area (Å²) in [5.41, 5.74) is 9.23. The van der Waals surface area contributed by atoms with Crippen LogP contribution in [0, 0.1) is 24.1 Å². The molecule has 6 nitrogen and oxygen atoms in total. The van der Waals surface area contributed by atoms with Crippen LogP contribution in [0.25, 0.3) is 22.2 Å². The minimum atomic E-state index is -0.897. The van der Waals surface area contributed by atoms with E-state index in [0.717, 1.165) is 16.7 Å².